The summed E-state index contributed by atoms with van der Waals surface area (Å²) in [5, 5.41) is 2.63. The molecule has 2 aliphatic rings. The van der Waals surface area contributed by atoms with E-state index in [1.807, 2.05) is 12.1 Å². The van der Waals surface area contributed by atoms with Crippen LogP contribution < -0.4 is 0 Å². The van der Waals surface area contributed by atoms with Crippen molar-refractivity contribution in [3.63, 3.8) is 0 Å². The van der Waals surface area contributed by atoms with E-state index in [0.29, 0.717) is 11.5 Å². The van der Waals surface area contributed by atoms with Crippen LogP contribution >= 0.6 is 10.5 Å². The van der Waals surface area contributed by atoms with Crippen molar-refractivity contribution in [2.45, 2.75) is 57.0 Å². The highest BCUT2D eigenvalue weighted by atomic mass is 32.2. The van der Waals surface area contributed by atoms with Crippen molar-refractivity contribution >= 4 is 36.6 Å². The van der Waals surface area contributed by atoms with Gasteiger partial charge in [-0.15, -0.1) is 0 Å². The molecule has 2 nitrogen and oxygen atoms in total. The summed E-state index contributed by atoms with van der Waals surface area (Å²) in [5.41, 5.74) is 0.0192. The quantitative estimate of drug-likeness (QED) is 0.172. The van der Waals surface area contributed by atoms with Gasteiger partial charge in [-0.05, 0) is 87.1 Å². The van der Waals surface area contributed by atoms with E-state index in [1.165, 1.54) is 50.8 Å². The zero-order chi connectivity index (χ0) is 23.0. The Morgan fingerprint density at radius 3 is 2.00 bits per heavy atom. The molecule has 2 fully saturated rings. The third-order valence-electron chi connectivity index (χ3n) is 7.39. The Morgan fingerprint density at radius 2 is 1.38 bits per heavy atom. The highest BCUT2D eigenvalue weighted by Crippen LogP contribution is 2.48. The molecule has 1 aromatic heterocycles. The minimum atomic E-state index is -0.594. The van der Waals surface area contributed by atoms with Crippen LogP contribution in [0.4, 0.5) is 0 Å². The van der Waals surface area contributed by atoms with Crippen molar-refractivity contribution in [2.75, 3.05) is 0 Å². The topological polar surface area (TPSA) is 26.3 Å². The van der Waals surface area contributed by atoms with Crippen molar-refractivity contribution in [1.29, 1.82) is 0 Å². The Kier molecular flexibility index (Phi) is 5.63. The third-order valence-corrected chi connectivity index (χ3v) is 9.72. The van der Waals surface area contributed by atoms with Gasteiger partial charge in [-0.25, -0.2) is 4.79 Å². The lowest BCUT2D eigenvalue weighted by molar-refractivity contribution is 0.0103. The summed E-state index contributed by atoms with van der Waals surface area (Å²) in [6, 6.07) is 25.4. The maximum absolute atomic E-state index is 13.1. The second kappa shape index (κ2) is 8.93. The first-order chi connectivity index (χ1) is 16.7. The molecule has 0 aliphatic heterocycles. The molecule has 0 N–H and O–H groups in total. The Balaban J connectivity index is 1.29. The summed E-state index contributed by atoms with van der Waals surface area (Å²) in [6.45, 7) is 0. The summed E-state index contributed by atoms with van der Waals surface area (Å²) < 4.78 is 8.82. The van der Waals surface area contributed by atoms with Gasteiger partial charge in [-0.3, -0.25) is 0 Å². The molecule has 0 unspecified atom stereocenters. The standard InChI is InChI=1S/C31H29O2S/c32-30(33-31(20-7-8-21-31)22-19-23-9-1-2-10-23)24-15-17-25(18-16-24)34-28-13-5-3-11-26(28)27-12-4-6-14-29(27)34/h3-6,11-18,23H,1-2,7-10,20-21H2/q+1. The van der Waals surface area contributed by atoms with Gasteiger partial charge in [0.1, 0.15) is 0 Å². The summed E-state index contributed by atoms with van der Waals surface area (Å²) in [7, 11) is -0.153. The molecule has 0 atom stereocenters. The number of carbonyl (C=O) groups excluding carboxylic acids is 1. The molecule has 0 bridgehead atoms. The van der Waals surface area contributed by atoms with Crippen LogP contribution in [0.1, 0.15) is 61.7 Å². The molecule has 2 aliphatic carbocycles. The Labute approximate surface area is 203 Å². The molecular weight excluding hydrogens is 436 g/mol. The summed E-state index contributed by atoms with van der Waals surface area (Å²) >= 11 is 0. The number of thiophene rings is 1. The first kappa shape index (κ1) is 21.4. The highest BCUT2D eigenvalue weighted by molar-refractivity contribution is 7.50. The molecule has 0 saturated heterocycles. The van der Waals surface area contributed by atoms with Crippen molar-refractivity contribution < 1.29 is 9.53 Å². The van der Waals surface area contributed by atoms with E-state index < -0.39 is 5.60 Å². The molecule has 0 spiro atoms. The second-order valence-electron chi connectivity index (χ2n) is 9.66. The average molecular weight is 466 g/mol. The third kappa shape index (κ3) is 3.91. The van der Waals surface area contributed by atoms with Crippen molar-refractivity contribution in [3.8, 4) is 16.7 Å². The zero-order valence-corrected chi connectivity index (χ0v) is 20.2. The predicted molar refractivity (Wildman–Crippen MR) is 142 cm³/mol. The first-order valence-electron chi connectivity index (χ1n) is 12.5. The van der Waals surface area contributed by atoms with E-state index in [-0.39, 0.29) is 16.4 Å². The van der Waals surface area contributed by atoms with Crippen molar-refractivity contribution in [3.05, 3.63) is 78.4 Å². The Bertz CT molecular complexity index is 1350. The minimum absolute atomic E-state index is 0.153. The number of hydrogen-bond donors (Lipinski definition) is 0. The van der Waals surface area contributed by atoms with Gasteiger partial charge in [0.25, 0.3) is 0 Å². The number of benzene rings is 3. The van der Waals surface area contributed by atoms with Crippen molar-refractivity contribution in [2.24, 2.45) is 5.92 Å². The summed E-state index contributed by atoms with van der Waals surface area (Å²) in [4.78, 5) is 14.4. The maximum Gasteiger partial charge on any atom is 0.339 e. The average Bonchev–Trinajstić information content (AvgIpc) is 3.63. The Morgan fingerprint density at radius 1 is 0.794 bits per heavy atom. The zero-order valence-electron chi connectivity index (χ0n) is 19.4. The van der Waals surface area contributed by atoms with Crippen LogP contribution in [0.5, 0.6) is 0 Å². The lowest BCUT2D eigenvalue weighted by atomic mass is 10.00. The normalized spacial score (nSPS) is 17.6. The fourth-order valence-electron chi connectivity index (χ4n) is 5.57. The van der Waals surface area contributed by atoms with Crippen LogP contribution in [0, 0.1) is 17.8 Å². The molecule has 0 radical (unpaired) electrons. The molecule has 1 heterocycles. The van der Waals surface area contributed by atoms with Crippen LogP contribution in [-0.4, -0.2) is 11.6 Å². The number of rotatable bonds is 3. The van der Waals surface area contributed by atoms with Crippen LogP contribution in [0.3, 0.4) is 0 Å². The van der Waals surface area contributed by atoms with Gasteiger partial charge in [0.15, 0.2) is 19.9 Å². The molecule has 3 aromatic carbocycles. The largest absolute Gasteiger partial charge is 0.442 e. The summed E-state index contributed by atoms with van der Waals surface area (Å²) in [6.07, 6.45) is 8.78. The van der Waals surface area contributed by atoms with Crippen LogP contribution in [0.25, 0.3) is 25.1 Å². The number of hydrogen-bond acceptors (Lipinski definition) is 2. The van der Waals surface area contributed by atoms with E-state index in [1.54, 1.807) is 0 Å². The molecule has 3 heteroatoms. The van der Waals surface area contributed by atoms with Crippen LogP contribution in [-0.2, 0) is 4.74 Å². The van der Waals surface area contributed by atoms with Gasteiger partial charge >= 0.3 is 5.97 Å². The molecule has 170 valence electrons. The highest BCUT2D eigenvalue weighted by Gasteiger charge is 2.37. The fraction of sp³-hybridized carbons (Fsp3) is 0.323. The molecule has 34 heavy (non-hydrogen) atoms. The van der Waals surface area contributed by atoms with Gasteiger partial charge in [0.05, 0.1) is 5.56 Å². The van der Waals surface area contributed by atoms with Crippen LogP contribution in [0.15, 0.2) is 72.8 Å². The second-order valence-corrected chi connectivity index (χ2v) is 11.6. The number of ether oxygens (including phenoxy) is 1. The van der Waals surface area contributed by atoms with Gasteiger partial charge in [-0.2, -0.15) is 0 Å². The van der Waals surface area contributed by atoms with Crippen molar-refractivity contribution in [1.82, 2.24) is 0 Å². The molecule has 0 amide bonds. The smallest absolute Gasteiger partial charge is 0.339 e. The van der Waals surface area contributed by atoms with Gasteiger partial charge in [-0.1, -0.05) is 48.9 Å². The Hall–Kier alpha value is -3.09. The lowest BCUT2D eigenvalue weighted by Crippen LogP contribution is -2.30. The molecular formula is C31H29O2S+. The van der Waals surface area contributed by atoms with Gasteiger partial charge in [0.2, 0.25) is 0 Å². The predicted octanol–water partition coefficient (Wildman–Crippen LogP) is 8.39. The number of carbonyl (C=O) groups is 1. The molecule has 4 aromatic rings. The van der Waals surface area contributed by atoms with E-state index >= 15 is 0 Å². The van der Waals surface area contributed by atoms with Crippen LogP contribution in [0.2, 0.25) is 0 Å². The van der Waals surface area contributed by atoms with E-state index in [4.69, 9.17) is 4.74 Å². The SMILES string of the molecule is O=C(OC1(C#CC2CCCC2)CCCC1)c1ccc(-[s+]2c3ccccc3c3ccccc32)cc1. The van der Waals surface area contributed by atoms with Gasteiger partial charge in [0, 0.05) is 27.2 Å². The minimum Gasteiger partial charge on any atom is -0.442 e. The number of fused-ring (bicyclic) bond motifs is 3. The number of esters is 1. The first-order valence-corrected chi connectivity index (χ1v) is 13.7. The van der Waals surface area contributed by atoms with E-state index in [9.17, 15) is 4.79 Å². The molecule has 2 saturated carbocycles. The van der Waals surface area contributed by atoms with E-state index in [2.05, 4.69) is 72.5 Å². The molecule has 6 rings (SSSR count). The fourth-order valence-corrected chi connectivity index (χ4v) is 7.95. The lowest BCUT2D eigenvalue weighted by Gasteiger charge is -2.23. The summed E-state index contributed by atoms with van der Waals surface area (Å²) in [5.74, 6) is 7.12. The van der Waals surface area contributed by atoms with Gasteiger partial charge < -0.3 is 4.74 Å². The maximum atomic E-state index is 13.1. The monoisotopic (exact) mass is 465 g/mol. The van der Waals surface area contributed by atoms with E-state index in [0.717, 1.165) is 25.7 Å².